The summed E-state index contributed by atoms with van der Waals surface area (Å²) < 4.78 is 10.7. The molecule has 1 aliphatic rings. The predicted octanol–water partition coefficient (Wildman–Crippen LogP) is 6.25. The number of hydrogen-bond acceptors (Lipinski definition) is 8. The van der Waals surface area contributed by atoms with Crippen molar-refractivity contribution in [2.75, 3.05) is 58.4 Å². The number of benzene rings is 3. The van der Waals surface area contributed by atoms with Gasteiger partial charge in [0.05, 0.1) is 14.2 Å². The van der Waals surface area contributed by atoms with Crippen LogP contribution in [0.25, 0.3) is 6.08 Å². The Hall–Kier alpha value is -4.05. The van der Waals surface area contributed by atoms with E-state index in [1.54, 1.807) is 14.2 Å². The van der Waals surface area contributed by atoms with Gasteiger partial charge >= 0.3 is 0 Å². The normalized spacial score (nSPS) is 13.6. The molecule has 234 valence electrons. The quantitative estimate of drug-likeness (QED) is 0.104. The minimum absolute atomic E-state index is 0.113. The van der Waals surface area contributed by atoms with Crippen LogP contribution in [0.3, 0.4) is 0 Å². The maximum Gasteiger partial charge on any atom is 0.251 e. The Kier molecular flexibility index (Phi) is 11.7. The van der Waals surface area contributed by atoms with Gasteiger partial charge in [-0.3, -0.25) is 9.69 Å². The SMILES string of the molecule is COc1ccc(CCNC(=O)c2cccc(CSc3nc(Cl)cc(N4CCN(CC=Cc5ccccc5)CC4)n3)c2)cc1OC. The summed E-state index contributed by atoms with van der Waals surface area (Å²) in [5, 5.41) is 4.06. The molecule has 0 spiro atoms. The number of thioether (sulfide) groups is 1. The zero-order chi connectivity index (χ0) is 31.4. The highest BCUT2D eigenvalue weighted by atomic mass is 35.5. The van der Waals surface area contributed by atoms with E-state index in [1.165, 1.54) is 17.3 Å². The number of rotatable bonds is 13. The lowest BCUT2D eigenvalue weighted by molar-refractivity contribution is 0.0954. The highest BCUT2D eigenvalue weighted by Crippen LogP contribution is 2.28. The summed E-state index contributed by atoms with van der Waals surface area (Å²) in [5.41, 5.74) is 3.89. The van der Waals surface area contributed by atoms with Crippen molar-refractivity contribution < 1.29 is 14.3 Å². The molecule has 0 saturated carbocycles. The fourth-order valence-electron chi connectivity index (χ4n) is 5.08. The molecule has 2 heterocycles. The van der Waals surface area contributed by atoms with Crippen LogP contribution in [0.1, 0.15) is 27.0 Å². The maximum atomic E-state index is 12.9. The third-order valence-corrected chi connectivity index (χ3v) is 8.65. The first-order valence-corrected chi connectivity index (χ1v) is 16.3. The monoisotopic (exact) mass is 643 g/mol. The van der Waals surface area contributed by atoms with Crippen LogP contribution in [-0.4, -0.2) is 74.3 Å². The molecule has 0 unspecified atom stereocenters. The van der Waals surface area contributed by atoms with Crippen LogP contribution in [0.5, 0.6) is 11.5 Å². The summed E-state index contributed by atoms with van der Waals surface area (Å²) in [5.74, 6) is 2.71. The second kappa shape index (κ2) is 16.3. The van der Waals surface area contributed by atoms with Gasteiger partial charge in [0.15, 0.2) is 16.7 Å². The number of carbonyl (C=O) groups is 1. The molecule has 1 aromatic heterocycles. The molecule has 10 heteroatoms. The van der Waals surface area contributed by atoms with Crippen LogP contribution in [0.15, 0.2) is 90.1 Å². The van der Waals surface area contributed by atoms with E-state index in [4.69, 9.17) is 26.1 Å². The largest absolute Gasteiger partial charge is 0.493 e. The fraction of sp³-hybridized carbons (Fsp3) is 0.286. The van der Waals surface area contributed by atoms with Crippen LogP contribution in [0.4, 0.5) is 5.82 Å². The minimum Gasteiger partial charge on any atom is -0.493 e. The van der Waals surface area contributed by atoms with Crippen LogP contribution >= 0.6 is 23.4 Å². The minimum atomic E-state index is -0.113. The molecule has 8 nitrogen and oxygen atoms in total. The van der Waals surface area contributed by atoms with Gasteiger partial charge in [0.2, 0.25) is 0 Å². The van der Waals surface area contributed by atoms with Gasteiger partial charge in [0.1, 0.15) is 11.0 Å². The highest BCUT2D eigenvalue weighted by Gasteiger charge is 2.19. The molecule has 0 bridgehead atoms. The molecule has 1 aliphatic heterocycles. The molecule has 1 fully saturated rings. The van der Waals surface area contributed by atoms with Crippen molar-refractivity contribution in [3.05, 3.63) is 112 Å². The van der Waals surface area contributed by atoms with Gasteiger partial charge in [0.25, 0.3) is 5.91 Å². The number of hydrogen-bond donors (Lipinski definition) is 1. The van der Waals surface area contributed by atoms with E-state index in [2.05, 4.69) is 56.5 Å². The lowest BCUT2D eigenvalue weighted by atomic mass is 10.1. The molecule has 3 aromatic carbocycles. The first kappa shape index (κ1) is 32.3. The summed E-state index contributed by atoms with van der Waals surface area (Å²) in [6.45, 7) is 5.08. The number of aromatic nitrogens is 2. The van der Waals surface area contributed by atoms with Gasteiger partial charge in [0, 0.05) is 56.7 Å². The maximum absolute atomic E-state index is 12.9. The summed E-state index contributed by atoms with van der Waals surface area (Å²) in [6, 6.07) is 25.6. The molecule has 4 aromatic rings. The number of methoxy groups -OCH3 is 2. The van der Waals surface area contributed by atoms with E-state index in [-0.39, 0.29) is 5.91 Å². The lowest BCUT2D eigenvalue weighted by Crippen LogP contribution is -2.46. The highest BCUT2D eigenvalue weighted by molar-refractivity contribution is 7.98. The smallest absolute Gasteiger partial charge is 0.251 e. The first-order chi connectivity index (χ1) is 22.0. The first-order valence-electron chi connectivity index (χ1n) is 14.9. The Balaban J connectivity index is 1.10. The van der Waals surface area contributed by atoms with E-state index in [0.717, 1.165) is 49.7 Å². The lowest BCUT2D eigenvalue weighted by Gasteiger charge is -2.35. The Morgan fingerprint density at radius 1 is 0.911 bits per heavy atom. The molecular formula is C35H38ClN5O3S. The van der Waals surface area contributed by atoms with E-state index in [1.807, 2.05) is 54.6 Å². The average Bonchev–Trinajstić information content (AvgIpc) is 3.08. The number of amides is 1. The zero-order valence-corrected chi connectivity index (χ0v) is 27.2. The van der Waals surface area contributed by atoms with Crippen molar-refractivity contribution in [2.45, 2.75) is 17.3 Å². The Bertz CT molecular complexity index is 1600. The van der Waals surface area contributed by atoms with Gasteiger partial charge in [-0.2, -0.15) is 0 Å². The van der Waals surface area contributed by atoms with E-state index in [9.17, 15) is 4.79 Å². The van der Waals surface area contributed by atoms with Gasteiger partial charge < -0.3 is 19.7 Å². The van der Waals surface area contributed by atoms with Crippen LogP contribution < -0.4 is 19.7 Å². The number of anilines is 1. The topological polar surface area (TPSA) is 79.8 Å². The fourth-order valence-corrected chi connectivity index (χ4v) is 6.11. The number of nitrogens with one attached hydrogen (secondary N) is 1. The van der Waals surface area contributed by atoms with Gasteiger partial charge in [-0.15, -0.1) is 0 Å². The standard InChI is InChI=1S/C35H38ClN5O3S/c1-43-30-14-13-27(23-31(30)44-2)15-16-37-34(42)29-12-6-10-28(22-29)25-45-35-38-32(36)24-33(39-35)41-20-18-40(19-21-41)17-7-11-26-8-4-3-5-9-26/h3-14,22-24H,15-21,25H2,1-2H3,(H,37,42). The van der Waals surface area contributed by atoms with Crippen LogP contribution in [0.2, 0.25) is 5.15 Å². The second-order valence-corrected chi connectivity index (χ2v) is 11.9. The molecule has 5 rings (SSSR count). The molecule has 45 heavy (non-hydrogen) atoms. The van der Waals surface area contributed by atoms with Gasteiger partial charge in [-0.25, -0.2) is 9.97 Å². The molecule has 0 aliphatic carbocycles. The Labute approximate surface area is 274 Å². The molecule has 1 saturated heterocycles. The molecule has 0 radical (unpaired) electrons. The van der Waals surface area contributed by atoms with Crippen molar-refractivity contribution in [1.82, 2.24) is 20.2 Å². The Morgan fingerprint density at radius 2 is 1.71 bits per heavy atom. The molecular weight excluding hydrogens is 606 g/mol. The van der Waals surface area contributed by atoms with Crippen LogP contribution in [-0.2, 0) is 12.2 Å². The molecule has 1 N–H and O–H groups in total. The van der Waals surface area contributed by atoms with Crippen molar-refractivity contribution in [3.8, 4) is 11.5 Å². The van der Waals surface area contributed by atoms with Crippen molar-refractivity contribution >= 4 is 41.2 Å². The number of halogens is 1. The number of carbonyl (C=O) groups excluding carboxylic acids is 1. The third kappa shape index (κ3) is 9.47. The summed E-state index contributed by atoms with van der Waals surface area (Å²) in [7, 11) is 3.22. The van der Waals surface area contributed by atoms with E-state index < -0.39 is 0 Å². The van der Waals surface area contributed by atoms with E-state index >= 15 is 0 Å². The average molecular weight is 644 g/mol. The van der Waals surface area contributed by atoms with Crippen molar-refractivity contribution in [3.63, 3.8) is 0 Å². The second-order valence-electron chi connectivity index (χ2n) is 10.6. The van der Waals surface area contributed by atoms with Gasteiger partial charge in [-0.05, 0) is 47.4 Å². The number of nitrogens with zero attached hydrogens (tertiary/aromatic N) is 4. The molecule has 0 atom stereocenters. The summed E-state index contributed by atoms with van der Waals surface area (Å²) in [4.78, 5) is 26.8. The zero-order valence-electron chi connectivity index (χ0n) is 25.6. The third-order valence-electron chi connectivity index (χ3n) is 7.53. The van der Waals surface area contributed by atoms with Gasteiger partial charge in [-0.1, -0.05) is 84.0 Å². The number of ether oxygens (including phenoxy) is 2. The van der Waals surface area contributed by atoms with Crippen molar-refractivity contribution in [1.29, 1.82) is 0 Å². The van der Waals surface area contributed by atoms with Crippen LogP contribution in [0, 0.1) is 0 Å². The predicted molar refractivity (Wildman–Crippen MR) is 183 cm³/mol. The summed E-state index contributed by atoms with van der Waals surface area (Å²) >= 11 is 7.93. The van der Waals surface area contributed by atoms with Crippen molar-refractivity contribution in [2.24, 2.45) is 0 Å². The van der Waals surface area contributed by atoms with E-state index in [0.29, 0.717) is 46.1 Å². The molecule has 1 amide bonds. The summed E-state index contributed by atoms with van der Waals surface area (Å²) in [6.07, 6.45) is 5.07. The number of piperazine rings is 1. The Morgan fingerprint density at radius 3 is 2.49 bits per heavy atom.